The standard InChI is InChI=1S/C15H21N3O3/c1-10(11(2)19)17-15(21)13(16-3)9-14(20)18-12-7-5-4-6-8-12/h4-8,10,13,16H,9H2,1-3H3,(H,17,21)(H,18,20). The van der Waals surface area contributed by atoms with E-state index < -0.39 is 12.1 Å². The van der Waals surface area contributed by atoms with E-state index in [9.17, 15) is 14.4 Å². The average molecular weight is 291 g/mol. The molecule has 6 heteroatoms. The largest absolute Gasteiger partial charge is 0.345 e. The molecule has 0 fully saturated rings. The van der Waals surface area contributed by atoms with Gasteiger partial charge in [-0.1, -0.05) is 18.2 Å². The van der Waals surface area contributed by atoms with Crippen molar-refractivity contribution in [3.63, 3.8) is 0 Å². The van der Waals surface area contributed by atoms with Gasteiger partial charge in [-0.05, 0) is 33.0 Å². The van der Waals surface area contributed by atoms with Crippen molar-refractivity contribution < 1.29 is 14.4 Å². The quantitative estimate of drug-likeness (QED) is 0.690. The van der Waals surface area contributed by atoms with Gasteiger partial charge in [-0.25, -0.2) is 0 Å². The summed E-state index contributed by atoms with van der Waals surface area (Å²) in [5.41, 5.74) is 0.676. The number of rotatable bonds is 7. The molecule has 0 spiro atoms. The summed E-state index contributed by atoms with van der Waals surface area (Å²) in [7, 11) is 1.60. The number of carbonyl (C=O) groups excluding carboxylic acids is 3. The molecule has 21 heavy (non-hydrogen) atoms. The summed E-state index contributed by atoms with van der Waals surface area (Å²) >= 11 is 0. The zero-order valence-electron chi connectivity index (χ0n) is 12.5. The van der Waals surface area contributed by atoms with Crippen LogP contribution in [-0.2, 0) is 14.4 Å². The third-order valence-electron chi connectivity index (χ3n) is 3.08. The average Bonchev–Trinajstić information content (AvgIpc) is 2.45. The first-order chi connectivity index (χ1) is 9.93. The van der Waals surface area contributed by atoms with Crippen LogP contribution in [0.15, 0.2) is 30.3 Å². The van der Waals surface area contributed by atoms with E-state index in [0.717, 1.165) is 0 Å². The smallest absolute Gasteiger partial charge is 0.238 e. The first-order valence-electron chi connectivity index (χ1n) is 6.77. The van der Waals surface area contributed by atoms with Crippen LogP contribution in [0.1, 0.15) is 20.3 Å². The Kier molecular flexibility index (Phi) is 6.55. The normalized spacial score (nSPS) is 13.1. The Morgan fingerprint density at radius 2 is 1.76 bits per heavy atom. The Morgan fingerprint density at radius 1 is 1.14 bits per heavy atom. The minimum absolute atomic E-state index is 0.0121. The number of hydrogen-bond acceptors (Lipinski definition) is 4. The van der Waals surface area contributed by atoms with Crippen molar-refractivity contribution in [2.24, 2.45) is 0 Å². The molecule has 0 aromatic heterocycles. The lowest BCUT2D eigenvalue weighted by atomic mass is 10.1. The Bertz CT molecular complexity index is 502. The Morgan fingerprint density at radius 3 is 2.29 bits per heavy atom. The van der Waals surface area contributed by atoms with Gasteiger partial charge >= 0.3 is 0 Å². The van der Waals surface area contributed by atoms with Crippen molar-refractivity contribution >= 4 is 23.3 Å². The SMILES string of the molecule is CNC(CC(=O)Nc1ccccc1)C(=O)NC(C)C(C)=O. The van der Waals surface area contributed by atoms with E-state index in [1.54, 1.807) is 26.1 Å². The van der Waals surface area contributed by atoms with Crippen molar-refractivity contribution in [2.45, 2.75) is 32.4 Å². The summed E-state index contributed by atoms with van der Waals surface area (Å²) in [5.74, 6) is -0.776. The molecule has 0 aliphatic rings. The minimum atomic E-state index is -0.685. The highest BCUT2D eigenvalue weighted by molar-refractivity contribution is 5.96. The predicted molar refractivity (Wildman–Crippen MR) is 80.8 cm³/mol. The fourth-order valence-electron chi connectivity index (χ4n) is 1.66. The monoisotopic (exact) mass is 291 g/mol. The van der Waals surface area contributed by atoms with Crippen molar-refractivity contribution in [1.82, 2.24) is 10.6 Å². The zero-order chi connectivity index (χ0) is 15.8. The van der Waals surface area contributed by atoms with Crippen molar-refractivity contribution in [1.29, 1.82) is 0 Å². The molecule has 0 saturated heterocycles. The van der Waals surface area contributed by atoms with Crippen LogP contribution in [0.3, 0.4) is 0 Å². The van der Waals surface area contributed by atoms with E-state index in [4.69, 9.17) is 0 Å². The zero-order valence-corrected chi connectivity index (χ0v) is 12.5. The number of amides is 2. The van der Waals surface area contributed by atoms with Crippen LogP contribution in [0, 0.1) is 0 Å². The van der Waals surface area contributed by atoms with Gasteiger partial charge in [0.2, 0.25) is 11.8 Å². The van der Waals surface area contributed by atoms with E-state index in [0.29, 0.717) is 5.69 Å². The van der Waals surface area contributed by atoms with Crippen LogP contribution in [0.2, 0.25) is 0 Å². The number of para-hydroxylation sites is 1. The second kappa shape index (κ2) is 8.16. The highest BCUT2D eigenvalue weighted by atomic mass is 16.2. The van der Waals surface area contributed by atoms with E-state index in [1.165, 1.54) is 6.92 Å². The number of benzene rings is 1. The lowest BCUT2D eigenvalue weighted by molar-refractivity contribution is -0.129. The predicted octanol–water partition coefficient (Wildman–Crippen LogP) is 0.697. The number of hydrogen-bond donors (Lipinski definition) is 3. The minimum Gasteiger partial charge on any atom is -0.345 e. The molecule has 0 saturated carbocycles. The molecule has 0 aliphatic heterocycles. The van der Waals surface area contributed by atoms with Crippen molar-refractivity contribution in [3.05, 3.63) is 30.3 Å². The van der Waals surface area contributed by atoms with Crippen molar-refractivity contribution in [3.8, 4) is 0 Å². The molecule has 3 N–H and O–H groups in total. The molecule has 2 amide bonds. The summed E-state index contributed by atoms with van der Waals surface area (Å²) in [4.78, 5) is 35.0. The fraction of sp³-hybridized carbons (Fsp3) is 0.400. The van der Waals surface area contributed by atoms with Crippen LogP contribution < -0.4 is 16.0 Å². The van der Waals surface area contributed by atoms with Crippen LogP contribution in [-0.4, -0.2) is 36.7 Å². The summed E-state index contributed by atoms with van der Waals surface area (Å²) in [6, 6.07) is 7.76. The number of nitrogens with one attached hydrogen (secondary N) is 3. The van der Waals surface area contributed by atoms with E-state index in [1.807, 2.05) is 18.2 Å². The maximum atomic E-state index is 12.0. The van der Waals surface area contributed by atoms with Gasteiger partial charge in [0.1, 0.15) is 0 Å². The van der Waals surface area contributed by atoms with Crippen LogP contribution >= 0.6 is 0 Å². The van der Waals surface area contributed by atoms with Gasteiger partial charge in [-0.2, -0.15) is 0 Å². The van der Waals surface area contributed by atoms with Gasteiger partial charge in [0.15, 0.2) is 5.78 Å². The third-order valence-corrected chi connectivity index (χ3v) is 3.08. The Labute approximate surface area is 124 Å². The molecule has 1 aromatic rings. The molecule has 1 aromatic carbocycles. The molecule has 2 atom stereocenters. The Balaban J connectivity index is 2.55. The first-order valence-corrected chi connectivity index (χ1v) is 6.77. The number of anilines is 1. The summed E-state index contributed by atoms with van der Waals surface area (Å²) in [6.07, 6.45) is -0.0121. The van der Waals surface area contributed by atoms with Gasteiger partial charge in [0.05, 0.1) is 18.5 Å². The van der Waals surface area contributed by atoms with Crippen LogP contribution in [0.4, 0.5) is 5.69 Å². The molecular weight excluding hydrogens is 270 g/mol. The third kappa shape index (κ3) is 5.74. The van der Waals surface area contributed by atoms with E-state index in [2.05, 4.69) is 16.0 Å². The molecule has 0 bridgehead atoms. The number of Topliss-reactive ketones (excluding diaryl/α,β-unsaturated/α-hetero) is 1. The van der Waals surface area contributed by atoms with Gasteiger partial charge in [-0.3, -0.25) is 14.4 Å². The highest BCUT2D eigenvalue weighted by Gasteiger charge is 2.22. The topological polar surface area (TPSA) is 87.3 Å². The summed E-state index contributed by atoms with van der Waals surface area (Å²) < 4.78 is 0. The fourth-order valence-corrected chi connectivity index (χ4v) is 1.66. The maximum absolute atomic E-state index is 12.0. The second-order valence-electron chi connectivity index (χ2n) is 4.80. The first kappa shape index (κ1) is 16.8. The molecule has 2 unspecified atom stereocenters. The van der Waals surface area contributed by atoms with Crippen molar-refractivity contribution in [2.75, 3.05) is 12.4 Å². The molecule has 0 radical (unpaired) electrons. The highest BCUT2D eigenvalue weighted by Crippen LogP contribution is 2.06. The molecule has 6 nitrogen and oxygen atoms in total. The lowest BCUT2D eigenvalue weighted by Crippen LogP contribution is -2.49. The maximum Gasteiger partial charge on any atom is 0.238 e. The van der Waals surface area contributed by atoms with Gasteiger partial charge in [0.25, 0.3) is 0 Å². The van der Waals surface area contributed by atoms with Gasteiger partial charge in [0, 0.05) is 5.69 Å². The molecule has 114 valence electrons. The second-order valence-corrected chi connectivity index (χ2v) is 4.80. The summed E-state index contributed by atoms with van der Waals surface area (Å²) in [5, 5.41) is 8.06. The molecular formula is C15H21N3O3. The van der Waals surface area contributed by atoms with E-state index >= 15 is 0 Å². The lowest BCUT2D eigenvalue weighted by Gasteiger charge is -2.18. The van der Waals surface area contributed by atoms with Gasteiger partial charge in [-0.15, -0.1) is 0 Å². The van der Waals surface area contributed by atoms with Gasteiger partial charge < -0.3 is 16.0 Å². The molecule has 0 heterocycles. The van der Waals surface area contributed by atoms with E-state index in [-0.39, 0.29) is 24.0 Å². The number of likely N-dealkylation sites (N-methyl/N-ethyl adjacent to an activating group) is 1. The molecule has 0 aliphatic carbocycles. The number of carbonyl (C=O) groups is 3. The molecule has 1 rings (SSSR count). The Hall–Kier alpha value is -2.21. The van der Waals surface area contributed by atoms with Crippen LogP contribution in [0.25, 0.3) is 0 Å². The van der Waals surface area contributed by atoms with Crippen LogP contribution in [0.5, 0.6) is 0 Å². The number of ketones is 1. The summed E-state index contributed by atoms with van der Waals surface area (Å²) in [6.45, 7) is 3.01.